The third-order valence-electron chi connectivity index (χ3n) is 7.45. The standard InChI is InChI=1S/C29H29BrN6O/c30-22-6-3-4-19(14-22)15-25(37)33-17-18-8-10-20(11-9-18)29-35-26(27-28(31)32-12-13-36(27)29)24-16-21-5-1-2-7-23(21)34-24/h1-7,12-14,16,18,20,34H,8-11,15,17H2,(H2,31,32)(H,33,37). The van der Waals surface area contributed by atoms with Crippen LogP contribution in [0, 0.1) is 5.92 Å². The number of halogens is 1. The average molecular weight is 557 g/mol. The molecule has 1 saturated carbocycles. The van der Waals surface area contributed by atoms with Crippen LogP contribution in [0.5, 0.6) is 0 Å². The number of benzene rings is 2. The average Bonchev–Trinajstić information content (AvgIpc) is 3.50. The Morgan fingerprint density at radius 3 is 2.76 bits per heavy atom. The van der Waals surface area contributed by atoms with Crippen LogP contribution in [-0.2, 0) is 11.2 Å². The molecule has 188 valence electrons. The summed E-state index contributed by atoms with van der Waals surface area (Å²) in [5.74, 6) is 2.41. The summed E-state index contributed by atoms with van der Waals surface area (Å²) < 4.78 is 3.11. The molecule has 0 unspecified atom stereocenters. The lowest BCUT2D eigenvalue weighted by molar-refractivity contribution is -0.120. The molecule has 4 N–H and O–H groups in total. The molecule has 3 heterocycles. The highest BCUT2D eigenvalue weighted by molar-refractivity contribution is 9.10. The molecule has 5 aromatic rings. The van der Waals surface area contributed by atoms with Gasteiger partial charge >= 0.3 is 0 Å². The van der Waals surface area contributed by atoms with Crippen molar-refractivity contribution in [3.05, 3.63) is 82.9 Å². The van der Waals surface area contributed by atoms with Crippen molar-refractivity contribution in [3.63, 3.8) is 0 Å². The van der Waals surface area contributed by atoms with Gasteiger partial charge in [-0.2, -0.15) is 0 Å². The molecular weight excluding hydrogens is 528 g/mol. The minimum absolute atomic E-state index is 0.0745. The lowest BCUT2D eigenvalue weighted by atomic mass is 9.81. The fourth-order valence-corrected chi connectivity index (χ4v) is 5.99. The zero-order valence-corrected chi connectivity index (χ0v) is 22.0. The molecule has 0 atom stereocenters. The van der Waals surface area contributed by atoms with Crippen LogP contribution in [0.1, 0.15) is 43.0 Å². The van der Waals surface area contributed by atoms with Gasteiger partial charge in [-0.05, 0) is 61.4 Å². The number of carbonyl (C=O) groups is 1. The largest absolute Gasteiger partial charge is 0.382 e. The lowest BCUT2D eigenvalue weighted by Crippen LogP contribution is -2.32. The third-order valence-corrected chi connectivity index (χ3v) is 7.94. The number of nitrogen functional groups attached to an aromatic ring is 1. The fraction of sp³-hybridized carbons (Fsp3) is 0.276. The Morgan fingerprint density at radius 1 is 1.11 bits per heavy atom. The van der Waals surface area contributed by atoms with E-state index in [0.29, 0.717) is 24.1 Å². The van der Waals surface area contributed by atoms with Crippen LogP contribution >= 0.6 is 15.9 Å². The van der Waals surface area contributed by atoms with E-state index >= 15 is 0 Å². The maximum Gasteiger partial charge on any atom is 0.224 e. The molecule has 0 bridgehead atoms. The predicted molar refractivity (Wildman–Crippen MR) is 150 cm³/mol. The van der Waals surface area contributed by atoms with Crippen molar-refractivity contribution < 1.29 is 4.79 Å². The molecule has 7 nitrogen and oxygen atoms in total. The second-order valence-electron chi connectivity index (χ2n) is 9.95. The topological polar surface area (TPSA) is 101 Å². The Morgan fingerprint density at radius 2 is 1.95 bits per heavy atom. The Kier molecular flexibility index (Phi) is 6.42. The highest BCUT2D eigenvalue weighted by atomic mass is 79.9. The van der Waals surface area contributed by atoms with Gasteiger partial charge in [0.25, 0.3) is 0 Å². The van der Waals surface area contributed by atoms with Gasteiger partial charge in [-0.3, -0.25) is 9.20 Å². The van der Waals surface area contributed by atoms with Gasteiger partial charge in [0, 0.05) is 40.2 Å². The smallest absolute Gasteiger partial charge is 0.224 e. The molecular formula is C29H29BrN6O. The number of fused-ring (bicyclic) bond motifs is 2. The number of nitrogens with one attached hydrogen (secondary N) is 2. The van der Waals surface area contributed by atoms with Gasteiger partial charge < -0.3 is 16.0 Å². The molecule has 0 spiro atoms. The Balaban J connectivity index is 1.15. The number of hydrogen-bond donors (Lipinski definition) is 3. The van der Waals surface area contributed by atoms with Crippen molar-refractivity contribution >= 4 is 44.1 Å². The number of carbonyl (C=O) groups excluding carboxylic acids is 1. The van der Waals surface area contributed by atoms with E-state index in [1.165, 1.54) is 0 Å². The summed E-state index contributed by atoms with van der Waals surface area (Å²) in [5.41, 5.74) is 11.1. The van der Waals surface area contributed by atoms with E-state index < -0.39 is 0 Å². The summed E-state index contributed by atoms with van der Waals surface area (Å²) in [6.45, 7) is 0.721. The zero-order chi connectivity index (χ0) is 25.4. The van der Waals surface area contributed by atoms with E-state index in [4.69, 9.17) is 10.7 Å². The van der Waals surface area contributed by atoms with Crippen LogP contribution in [-0.4, -0.2) is 31.8 Å². The van der Waals surface area contributed by atoms with Gasteiger partial charge in [0.05, 0.1) is 12.1 Å². The van der Waals surface area contributed by atoms with E-state index in [2.05, 4.69) is 53.8 Å². The number of anilines is 1. The highest BCUT2D eigenvalue weighted by Gasteiger charge is 2.28. The van der Waals surface area contributed by atoms with Crippen molar-refractivity contribution in [2.24, 2.45) is 5.92 Å². The Labute approximate surface area is 223 Å². The van der Waals surface area contributed by atoms with Crippen molar-refractivity contribution in [1.29, 1.82) is 0 Å². The van der Waals surface area contributed by atoms with E-state index in [9.17, 15) is 4.79 Å². The van der Waals surface area contributed by atoms with E-state index in [1.807, 2.05) is 42.6 Å². The Hall–Kier alpha value is -3.65. The van der Waals surface area contributed by atoms with E-state index in [0.717, 1.165) is 75.9 Å². The Bertz CT molecular complexity index is 1550. The molecule has 1 fully saturated rings. The molecule has 8 heteroatoms. The lowest BCUT2D eigenvalue weighted by Gasteiger charge is -2.28. The first-order chi connectivity index (χ1) is 18.0. The summed E-state index contributed by atoms with van der Waals surface area (Å²) in [7, 11) is 0. The minimum atomic E-state index is 0.0745. The number of imidazole rings is 1. The number of para-hydroxylation sites is 1. The number of nitrogens with two attached hydrogens (primary N) is 1. The molecule has 1 amide bonds. The quantitative estimate of drug-likeness (QED) is 0.244. The zero-order valence-electron chi connectivity index (χ0n) is 20.5. The van der Waals surface area contributed by atoms with Crippen LogP contribution in [0.3, 0.4) is 0 Å². The molecule has 37 heavy (non-hydrogen) atoms. The number of nitrogens with zero attached hydrogens (tertiary/aromatic N) is 3. The van der Waals surface area contributed by atoms with Crippen LogP contribution in [0.4, 0.5) is 5.82 Å². The van der Waals surface area contributed by atoms with Crippen LogP contribution in [0.25, 0.3) is 27.8 Å². The first-order valence-corrected chi connectivity index (χ1v) is 13.6. The van der Waals surface area contributed by atoms with E-state index in [1.54, 1.807) is 6.20 Å². The molecule has 0 radical (unpaired) electrons. The molecule has 0 saturated heterocycles. The first-order valence-electron chi connectivity index (χ1n) is 12.8. The number of aromatic amines is 1. The normalized spacial score (nSPS) is 17.9. The molecule has 0 aliphatic heterocycles. The fourth-order valence-electron chi connectivity index (χ4n) is 5.54. The summed E-state index contributed by atoms with van der Waals surface area (Å²) in [6, 6.07) is 18.3. The number of amides is 1. The maximum absolute atomic E-state index is 12.5. The molecule has 3 aromatic heterocycles. The monoisotopic (exact) mass is 556 g/mol. The summed E-state index contributed by atoms with van der Waals surface area (Å²) in [4.78, 5) is 25.5. The van der Waals surface area contributed by atoms with Crippen molar-refractivity contribution in [2.75, 3.05) is 12.3 Å². The van der Waals surface area contributed by atoms with Crippen LogP contribution in [0.2, 0.25) is 0 Å². The number of rotatable bonds is 6. The second kappa shape index (κ2) is 10.0. The molecule has 6 rings (SSSR count). The highest BCUT2D eigenvalue weighted by Crippen LogP contribution is 2.38. The molecule has 1 aliphatic carbocycles. The van der Waals surface area contributed by atoms with E-state index in [-0.39, 0.29) is 5.91 Å². The van der Waals surface area contributed by atoms with Gasteiger partial charge in [-0.1, -0.05) is 46.3 Å². The summed E-state index contributed by atoms with van der Waals surface area (Å²) in [5, 5.41) is 4.29. The van der Waals surface area contributed by atoms with Gasteiger partial charge in [0.15, 0.2) is 0 Å². The second-order valence-corrected chi connectivity index (χ2v) is 10.9. The number of aromatic nitrogens is 4. The third kappa shape index (κ3) is 4.85. The minimum Gasteiger partial charge on any atom is -0.382 e. The predicted octanol–water partition coefficient (Wildman–Crippen LogP) is 5.86. The van der Waals surface area contributed by atoms with Crippen molar-refractivity contribution in [3.8, 4) is 11.4 Å². The van der Waals surface area contributed by atoms with Gasteiger partial charge in [-0.25, -0.2) is 9.97 Å². The van der Waals surface area contributed by atoms with Crippen LogP contribution in [0.15, 0.2) is 71.5 Å². The van der Waals surface area contributed by atoms with Crippen molar-refractivity contribution in [2.45, 2.75) is 38.0 Å². The first kappa shape index (κ1) is 23.7. The summed E-state index contributed by atoms with van der Waals surface area (Å²) >= 11 is 3.47. The van der Waals surface area contributed by atoms with Gasteiger partial charge in [-0.15, -0.1) is 0 Å². The van der Waals surface area contributed by atoms with Crippen molar-refractivity contribution in [1.82, 2.24) is 24.7 Å². The maximum atomic E-state index is 12.5. The molecule has 1 aliphatic rings. The number of H-pyrrole nitrogens is 1. The van der Waals surface area contributed by atoms with Gasteiger partial charge in [0.2, 0.25) is 5.91 Å². The number of hydrogen-bond acceptors (Lipinski definition) is 4. The van der Waals surface area contributed by atoms with Gasteiger partial charge in [0.1, 0.15) is 22.9 Å². The summed E-state index contributed by atoms with van der Waals surface area (Å²) in [6.07, 6.45) is 8.28. The van der Waals surface area contributed by atoms with Crippen LogP contribution < -0.4 is 11.1 Å². The molecule has 2 aromatic carbocycles. The SMILES string of the molecule is Nc1nccn2c(C3CCC(CNC(=O)Cc4cccc(Br)c4)CC3)nc(-c3cc4ccccc4[nH]3)c12.